The predicted octanol–water partition coefficient (Wildman–Crippen LogP) is 0.269. The second-order valence-electron chi connectivity index (χ2n) is 6.11. The highest BCUT2D eigenvalue weighted by molar-refractivity contribution is 4.97. The first-order valence-corrected chi connectivity index (χ1v) is 7.71. The van der Waals surface area contributed by atoms with E-state index in [0.717, 1.165) is 19.1 Å². The van der Waals surface area contributed by atoms with E-state index >= 15 is 0 Å². The summed E-state index contributed by atoms with van der Waals surface area (Å²) in [5.74, 6) is 0. The van der Waals surface area contributed by atoms with Gasteiger partial charge in [-0.05, 0) is 45.2 Å². The molecule has 2 N–H and O–H groups in total. The summed E-state index contributed by atoms with van der Waals surface area (Å²) in [6.07, 6.45) is 6.67. The Morgan fingerprint density at radius 1 is 1.17 bits per heavy atom. The molecule has 4 heteroatoms. The van der Waals surface area contributed by atoms with Gasteiger partial charge < -0.3 is 10.4 Å². The van der Waals surface area contributed by atoms with Gasteiger partial charge in [-0.15, -0.1) is 0 Å². The molecular weight excluding hydrogens is 226 g/mol. The number of nitrogens with one attached hydrogen (secondary N) is 1. The summed E-state index contributed by atoms with van der Waals surface area (Å²) in [5, 5.41) is 12.9. The number of fused-ring (bicyclic) bond motifs is 1. The van der Waals surface area contributed by atoms with Crippen LogP contribution in [0.5, 0.6) is 0 Å². The van der Waals surface area contributed by atoms with E-state index in [-0.39, 0.29) is 0 Å². The Kier molecular flexibility index (Phi) is 4.19. The third-order valence-electron chi connectivity index (χ3n) is 5.04. The van der Waals surface area contributed by atoms with Gasteiger partial charge in [0, 0.05) is 37.8 Å². The van der Waals surface area contributed by atoms with Crippen LogP contribution in [0.3, 0.4) is 0 Å². The number of rotatable bonds is 5. The average Bonchev–Trinajstić information content (AvgIpc) is 3.05. The fourth-order valence-corrected chi connectivity index (χ4v) is 4.20. The first-order valence-electron chi connectivity index (χ1n) is 7.71. The molecule has 4 nitrogen and oxygen atoms in total. The quantitative estimate of drug-likeness (QED) is 0.738. The Morgan fingerprint density at radius 3 is 2.89 bits per heavy atom. The molecule has 0 bridgehead atoms. The predicted molar refractivity (Wildman–Crippen MR) is 72.7 cm³/mol. The number of aliphatic hydroxyl groups excluding tert-OH is 1. The van der Waals surface area contributed by atoms with Crippen molar-refractivity contribution in [3.05, 3.63) is 0 Å². The van der Waals surface area contributed by atoms with Gasteiger partial charge in [0.05, 0.1) is 6.61 Å². The van der Waals surface area contributed by atoms with Crippen LogP contribution in [0.1, 0.15) is 32.1 Å². The molecule has 3 aliphatic rings. The highest BCUT2D eigenvalue weighted by Gasteiger charge is 2.40. The van der Waals surface area contributed by atoms with Crippen molar-refractivity contribution in [2.24, 2.45) is 0 Å². The highest BCUT2D eigenvalue weighted by atomic mass is 16.3. The van der Waals surface area contributed by atoms with Gasteiger partial charge in [-0.3, -0.25) is 9.80 Å². The van der Waals surface area contributed by atoms with E-state index in [0.29, 0.717) is 18.7 Å². The van der Waals surface area contributed by atoms with Gasteiger partial charge in [-0.1, -0.05) is 0 Å². The number of nitrogens with zero attached hydrogens (tertiary/aromatic N) is 2. The van der Waals surface area contributed by atoms with Crippen LogP contribution in [-0.4, -0.2) is 72.4 Å². The summed E-state index contributed by atoms with van der Waals surface area (Å²) in [4.78, 5) is 5.23. The largest absolute Gasteiger partial charge is 0.395 e. The fourth-order valence-electron chi connectivity index (χ4n) is 4.20. The standard InChI is InChI=1S/C14H27N3O/c18-10-9-17(11-12-3-1-6-15-12)14-5-8-16-7-2-4-13(14)16/h12-15,18H,1-11H2. The lowest BCUT2D eigenvalue weighted by Crippen LogP contribution is -2.48. The van der Waals surface area contributed by atoms with Crippen LogP contribution in [0.15, 0.2) is 0 Å². The maximum atomic E-state index is 9.34. The zero-order valence-electron chi connectivity index (χ0n) is 11.4. The molecule has 0 aliphatic carbocycles. The minimum Gasteiger partial charge on any atom is -0.395 e. The van der Waals surface area contributed by atoms with Gasteiger partial charge in [0.1, 0.15) is 0 Å². The summed E-state index contributed by atoms with van der Waals surface area (Å²) >= 11 is 0. The highest BCUT2D eigenvalue weighted by Crippen LogP contribution is 2.31. The Hall–Kier alpha value is -0.160. The molecule has 3 saturated heterocycles. The molecule has 3 fully saturated rings. The number of hydrogen-bond acceptors (Lipinski definition) is 4. The summed E-state index contributed by atoms with van der Waals surface area (Å²) in [6.45, 7) is 6.04. The molecule has 3 unspecified atom stereocenters. The summed E-state index contributed by atoms with van der Waals surface area (Å²) in [7, 11) is 0. The molecule has 0 aromatic carbocycles. The van der Waals surface area contributed by atoms with Gasteiger partial charge in [-0.2, -0.15) is 0 Å². The smallest absolute Gasteiger partial charge is 0.0558 e. The second kappa shape index (κ2) is 5.87. The number of hydrogen-bond donors (Lipinski definition) is 2. The molecule has 3 atom stereocenters. The third kappa shape index (κ3) is 2.57. The van der Waals surface area contributed by atoms with Crippen molar-refractivity contribution < 1.29 is 5.11 Å². The van der Waals surface area contributed by atoms with Crippen molar-refractivity contribution in [1.82, 2.24) is 15.1 Å². The van der Waals surface area contributed by atoms with Crippen LogP contribution >= 0.6 is 0 Å². The molecule has 0 spiro atoms. The molecule has 0 radical (unpaired) electrons. The Morgan fingerprint density at radius 2 is 2.11 bits per heavy atom. The Labute approximate surface area is 110 Å². The van der Waals surface area contributed by atoms with Crippen LogP contribution in [0.25, 0.3) is 0 Å². The zero-order chi connectivity index (χ0) is 12.4. The SMILES string of the molecule is OCCN(CC1CCCN1)C1CCN2CCCC12. The normalized spacial score (nSPS) is 36.7. The van der Waals surface area contributed by atoms with E-state index in [4.69, 9.17) is 0 Å². The molecule has 3 aliphatic heterocycles. The minimum absolute atomic E-state index is 0.302. The first kappa shape index (κ1) is 12.9. The Balaban J connectivity index is 1.61. The van der Waals surface area contributed by atoms with Crippen LogP contribution in [-0.2, 0) is 0 Å². The minimum atomic E-state index is 0.302. The average molecular weight is 253 g/mol. The van der Waals surface area contributed by atoms with Crippen LogP contribution < -0.4 is 5.32 Å². The lowest BCUT2D eigenvalue weighted by atomic mass is 10.0. The lowest BCUT2D eigenvalue weighted by molar-refractivity contribution is 0.119. The van der Waals surface area contributed by atoms with Gasteiger partial charge in [0.15, 0.2) is 0 Å². The molecule has 3 rings (SSSR count). The third-order valence-corrected chi connectivity index (χ3v) is 5.04. The lowest BCUT2D eigenvalue weighted by Gasteiger charge is -2.34. The molecule has 0 aromatic heterocycles. The summed E-state index contributed by atoms with van der Waals surface area (Å²) < 4.78 is 0. The summed E-state index contributed by atoms with van der Waals surface area (Å²) in [5.41, 5.74) is 0. The maximum Gasteiger partial charge on any atom is 0.0558 e. The zero-order valence-corrected chi connectivity index (χ0v) is 11.4. The number of aliphatic hydroxyl groups is 1. The monoisotopic (exact) mass is 253 g/mol. The second-order valence-corrected chi connectivity index (χ2v) is 6.11. The molecule has 0 saturated carbocycles. The van der Waals surface area contributed by atoms with Gasteiger partial charge in [-0.25, -0.2) is 0 Å². The summed E-state index contributed by atoms with van der Waals surface area (Å²) in [6, 6.07) is 2.13. The van der Waals surface area contributed by atoms with Crippen molar-refractivity contribution >= 4 is 0 Å². The fraction of sp³-hybridized carbons (Fsp3) is 1.00. The van der Waals surface area contributed by atoms with Crippen LogP contribution in [0.4, 0.5) is 0 Å². The van der Waals surface area contributed by atoms with Crippen molar-refractivity contribution in [3.63, 3.8) is 0 Å². The van der Waals surface area contributed by atoms with E-state index in [1.165, 1.54) is 51.7 Å². The van der Waals surface area contributed by atoms with Crippen molar-refractivity contribution in [1.29, 1.82) is 0 Å². The Bertz CT molecular complexity index is 268. The van der Waals surface area contributed by atoms with E-state index in [2.05, 4.69) is 15.1 Å². The van der Waals surface area contributed by atoms with Crippen molar-refractivity contribution in [2.75, 3.05) is 39.3 Å². The van der Waals surface area contributed by atoms with E-state index in [1.807, 2.05) is 0 Å². The topological polar surface area (TPSA) is 38.7 Å². The van der Waals surface area contributed by atoms with Crippen LogP contribution in [0.2, 0.25) is 0 Å². The van der Waals surface area contributed by atoms with Crippen molar-refractivity contribution in [3.8, 4) is 0 Å². The first-order chi connectivity index (χ1) is 8.88. The van der Waals surface area contributed by atoms with E-state index in [1.54, 1.807) is 0 Å². The van der Waals surface area contributed by atoms with Gasteiger partial charge >= 0.3 is 0 Å². The molecular formula is C14H27N3O. The van der Waals surface area contributed by atoms with Crippen molar-refractivity contribution in [2.45, 2.75) is 50.2 Å². The van der Waals surface area contributed by atoms with E-state index < -0.39 is 0 Å². The molecule has 0 amide bonds. The molecule has 18 heavy (non-hydrogen) atoms. The van der Waals surface area contributed by atoms with Gasteiger partial charge in [0.25, 0.3) is 0 Å². The molecule has 104 valence electrons. The molecule has 3 heterocycles. The molecule has 0 aromatic rings. The van der Waals surface area contributed by atoms with Crippen LogP contribution in [0, 0.1) is 0 Å². The van der Waals surface area contributed by atoms with Gasteiger partial charge in [0.2, 0.25) is 0 Å². The maximum absolute atomic E-state index is 9.34. The van der Waals surface area contributed by atoms with E-state index in [9.17, 15) is 5.11 Å².